The van der Waals surface area contributed by atoms with Gasteiger partial charge in [0.25, 0.3) is 0 Å². The van der Waals surface area contributed by atoms with Gasteiger partial charge in [-0.05, 0) is 55.2 Å². The average Bonchev–Trinajstić information content (AvgIpc) is 2.79. The topological polar surface area (TPSA) is 73.3 Å². The summed E-state index contributed by atoms with van der Waals surface area (Å²) in [4.78, 5) is 2.00. The van der Waals surface area contributed by atoms with Gasteiger partial charge >= 0.3 is 0 Å². The molecule has 26 heavy (non-hydrogen) atoms. The molecule has 3 aromatic rings. The number of aryl methyl sites for hydroxylation is 1. The van der Waals surface area contributed by atoms with Crippen LogP contribution < -0.4 is 5.14 Å². The van der Waals surface area contributed by atoms with E-state index in [1.807, 2.05) is 34.2 Å². The van der Waals surface area contributed by atoms with Crippen molar-refractivity contribution < 1.29 is 12.8 Å². The van der Waals surface area contributed by atoms with Gasteiger partial charge in [0.2, 0.25) is 10.0 Å². The second kappa shape index (κ2) is 6.92. The van der Waals surface area contributed by atoms with Crippen LogP contribution >= 0.6 is 12.2 Å². The van der Waals surface area contributed by atoms with E-state index in [0.717, 1.165) is 11.1 Å². The first-order valence-corrected chi connectivity index (χ1v) is 9.77. The maximum atomic E-state index is 13.4. The predicted octanol–water partition coefficient (Wildman–Crippen LogP) is 2.59. The van der Waals surface area contributed by atoms with E-state index in [0.29, 0.717) is 23.5 Å². The van der Waals surface area contributed by atoms with Gasteiger partial charge in [0, 0.05) is 13.6 Å². The highest BCUT2D eigenvalue weighted by Gasteiger charge is 2.15. The minimum atomic E-state index is -3.81. The Morgan fingerprint density at radius 3 is 2.58 bits per heavy atom. The van der Waals surface area contributed by atoms with Crippen LogP contribution in [-0.2, 0) is 30.3 Å². The molecule has 138 valence electrons. The molecule has 6 nitrogen and oxygen atoms in total. The Hall–Kier alpha value is -2.07. The Morgan fingerprint density at radius 1 is 1.19 bits per heavy atom. The van der Waals surface area contributed by atoms with E-state index < -0.39 is 10.0 Å². The maximum Gasteiger partial charge on any atom is 0.238 e. The van der Waals surface area contributed by atoms with Crippen molar-refractivity contribution in [1.82, 2.24) is 14.0 Å². The van der Waals surface area contributed by atoms with Crippen LogP contribution in [0.3, 0.4) is 0 Å². The highest BCUT2D eigenvalue weighted by atomic mass is 32.2. The van der Waals surface area contributed by atoms with Crippen LogP contribution in [0.2, 0.25) is 0 Å². The van der Waals surface area contributed by atoms with E-state index in [-0.39, 0.29) is 10.7 Å². The average molecular weight is 394 g/mol. The third-order valence-electron chi connectivity index (χ3n) is 4.17. The van der Waals surface area contributed by atoms with Gasteiger partial charge in [-0.25, -0.2) is 17.9 Å². The smallest absolute Gasteiger partial charge is 0.238 e. The molecule has 2 aromatic carbocycles. The molecule has 0 bridgehead atoms. The molecule has 0 aliphatic heterocycles. The van der Waals surface area contributed by atoms with Crippen molar-refractivity contribution >= 4 is 33.3 Å². The highest BCUT2D eigenvalue weighted by molar-refractivity contribution is 7.89. The Bertz CT molecular complexity index is 1140. The quantitative estimate of drug-likeness (QED) is 0.675. The first-order valence-electron chi connectivity index (χ1n) is 7.82. The molecule has 0 amide bonds. The Kier molecular flexibility index (Phi) is 4.98. The number of imidazole rings is 1. The molecule has 2 N–H and O–H groups in total. The fraction of sp³-hybridized carbons (Fsp3) is 0.235. The lowest BCUT2D eigenvalue weighted by Gasteiger charge is -2.18. The minimum Gasteiger partial charge on any atom is -0.320 e. The van der Waals surface area contributed by atoms with E-state index in [1.54, 1.807) is 12.1 Å². The van der Waals surface area contributed by atoms with Crippen LogP contribution in [0, 0.1) is 10.6 Å². The summed E-state index contributed by atoms with van der Waals surface area (Å²) in [6.45, 7) is 0.936. The Balaban J connectivity index is 1.98. The number of hydrogen-bond donors (Lipinski definition) is 1. The number of nitrogens with two attached hydrogens (primary N) is 1. The van der Waals surface area contributed by atoms with Crippen molar-refractivity contribution in [1.29, 1.82) is 0 Å². The second-order valence-electron chi connectivity index (χ2n) is 6.25. The van der Waals surface area contributed by atoms with E-state index in [1.165, 1.54) is 24.3 Å². The highest BCUT2D eigenvalue weighted by Crippen LogP contribution is 2.21. The first kappa shape index (κ1) is 18.7. The molecule has 0 unspecified atom stereocenters. The molecule has 9 heteroatoms. The third-order valence-corrected chi connectivity index (χ3v) is 5.58. The summed E-state index contributed by atoms with van der Waals surface area (Å²) >= 11 is 5.49. The fourth-order valence-corrected chi connectivity index (χ4v) is 3.73. The summed E-state index contributed by atoms with van der Waals surface area (Å²) in [5, 5.41) is 5.24. The zero-order valence-electron chi connectivity index (χ0n) is 14.4. The second-order valence-corrected chi connectivity index (χ2v) is 8.18. The molecule has 1 aromatic heterocycles. The lowest BCUT2D eigenvalue weighted by molar-refractivity contribution is 0.261. The molecule has 0 aliphatic rings. The van der Waals surface area contributed by atoms with Gasteiger partial charge in [-0.1, -0.05) is 12.1 Å². The number of aromatic nitrogens is 2. The van der Waals surface area contributed by atoms with Crippen LogP contribution in [-0.4, -0.2) is 29.5 Å². The third kappa shape index (κ3) is 3.70. The zero-order chi connectivity index (χ0) is 19.1. The van der Waals surface area contributed by atoms with Crippen molar-refractivity contribution in [2.75, 3.05) is 7.05 Å². The minimum absolute atomic E-state index is 0.0344. The summed E-state index contributed by atoms with van der Waals surface area (Å²) in [5.74, 6) is -0.282. The van der Waals surface area contributed by atoms with Gasteiger partial charge in [-0.3, -0.25) is 4.90 Å². The molecule has 0 radical (unpaired) electrons. The van der Waals surface area contributed by atoms with Crippen LogP contribution in [0.25, 0.3) is 11.0 Å². The molecule has 0 aliphatic carbocycles. The largest absolute Gasteiger partial charge is 0.320 e. The van der Waals surface area contributed by atoms with E-state index in [9.17, 15) is 12.8 Å². The van der Waals surface area contributed by atoms with Crippen molar-refractivity contribution in [2.24, 2.45) is 12.2 Å². The van der Waals surface area contributed by atoms with Gasteiger partial charge < -0.3 is 9.13 Å². The number of hydrogen-bond acceptors (Lipinski definition) is 4. The zero-order valence-corrected chi connectivity index (χ0v) is 16.0. The Morgan fingerprint density at radius 2 is 1.92 bits per heavy atom. The number of sulfonamides is 1. The number of halogens is 1. The molecule has 3 rings (SSSR count). The van der Waals surface area contributed by atoms with Crippen molar-refractivity contribution in [3.63, 3.8) is 0 Å². The molecule has 1 heterocycles. The number of primary sulfonamides is 1. The monoisotopic (exact) mass is 394 g/mol. The number of nitrogens with zero attached hydrogens (tertiary/aromatic N) is 3. The number of rotatable bonds is 5. The fourth-order valence-electron chi connectivity index (χ4n) is 2.94. The molecule has 0 saturated carbocycles. The number of benzene rings is 2. The van der Waals surface area contributed by atoms with Crippen molar-refractivity contribution in [2.45, 2.75) is 18.1 Å². The lowest BCUT2D eigenvalue weighted by Crippen LogP contribution is -2.22. The van der Waals surface area contributed by atoms with E-state index in [4.69, 9.17) is 17.4 Å². The molecular weight excluding hydrogens is 375 g/mol. The summed E-state index contributed by atoms with van der Waals surface area (Å²) in [6, 6.07) is 11.1. The van der Waals surface area contributed by atoms with Gasteiger partial charge in [-0.2, -0.15) is 0 Å². The summed E-state index contributed by atoms with van der Waals surface area (Å²) in [7, 11) is -0.101. The maximum absolute atomic E-state index is 13.4. The van der Waals surface area contributed by atoms with Gasteiger partial charge in [0.1, 0.15) is 5.82 Å². The summed E-state index contributed by atoms with van der Waals surface area (Å²) in [6.07, 6.45) is 0. The van der Waals surface area contributed by atoms with Gasteiger partial charge in [0.15, 0.2) is 4.77 Å². The van der Waals surface area contributed by atoms with Crippen LogP contribution in [0.4, 0.5) is 4.39 Å². The molecule has 0 atom stereocenters. The number of fused-ring (bicyclic) bond motifs is 1. The SMILES string of the molecule is CN(Cc1cccc(F)c1)Cn1c(=S)n(C)c2ccc(S(N)(=O)=O)cc21. The lowest BCUT2D eigenvalue weighted by atomic mass is 10.2. The van der Waals surface area contributed by atoms with E-state index >= 15 is 0 Å². The standard InChI is InChI=1S/C17H19FN4O2S2/c1-20(10-12-4-3-5-13(18)8-12)11-22-16-9-14(26(19,23)24)6-7-15(16)21(2)17(22)25/h3-9H,10-11H2,1-2H3,(H2,19,23,24). The molecule has 0 fully saturated rings. The van der Waals surface area contributed by atoms with Gasteiger partial charge in [-0.15, -0.1) is 0 Å². The summed E-state index contributed by atoms with van der Waals surface area (Å²) in [5.41, 5.74) is 2.32. The van der Waals surface area contributed by atoms with E-state index in [2.05, 4.69) is 0 Å². The van der Waals surface area contributed by atoms with Crippen LogP contribution in [0.5, 0.6) is 0 Å². The molecular formula is C17H19FN4O2S2. The van der Waals surface area contributed by atoms with Gasteiger partial charge in [0.05, 0.1) is 22.6 Å². The van der Waals surface area contributed by atoms with Crippen LogP contribution in [0.15, 0.2) is 47.4 Å². The summed E-state index contributed by atoms with van der Waals surface area (Å²) < 4.78 is 40.9. The molecule has 0 spiro atoms. The molecule has 0 saturated heterocycles. The normalized spacial score (nSPS) is 12.2. The Labute approximate surface area is 156 Å². The predicted molar refractivity (Wildman–Crippen MR) is 101 cm³/mol. The van der Waals surface area contributed by atoms with Crippen molar-refractivity contribution in [3.8, 4) is 0 Å². The van der Waals surface area contributed by atoms with Crippen LogP contribution in [0.1, 0.15) is 5.56 Å². The van der Waals surface area contributed by atoms with Crippen molar-refractivity contribution in [3.05, 3.63) is 58.6 Å². The first-order chi connectivity index (χ1) is 12.2.